The molecule has 2 heteroatoms. The van der Waals surface area contributed by atoms with Crippen LogP contribution in [0.2, 0.25) is 0 Å². The molecule has 0 aliphatic rings. The molecule has 0 saturated carbocycles. The summed E-state index contributed by atoms with van der Waals surface area (Å²) in [5.41, 5.74) is 1.08. The van der Waals surface area contributed by atoms with Crippen LogP contribution in [0.1, 0.15) is 0 Å². The van der Waals surface area contributed by atoms with Crippen LogP contribution < -0.4 is 4.46 Å². The van der Waals surface area contributed by atoms with Gasteiger partial charge in [-0.25, -0.2) is 0 Å². The van der Waals surface area contributed by atoms with Gasteiger partial charge in [-0.3, -0.25) is 0 Å². The summed E-state index contributed by atoms with van der Waals surface area (Å²) >= 11 is 2.53. The third-order valence-electron chi connectivity index (χ3n) is 1.61. The van der Waals surface area contributed by atoms with E-state index in [1.807, 2.05) is 18.3 Å². The van der Waals surface area contributed by atoms with Crippen LogP contribution >= 0.6 is 0 Å². The van der Waals surface area contributed by atoms with Crippen LogP contribution in [0.4, 0.5) is 0 Å². The molecule has 1 aromatic heterocycles. The van der Waals surface area contributed by atoms with Gasteiger partial charge < -0.3 is 0 Å². The first kappa shape index (κ1) is 6.83. The minimum atomic E-state index is 1.08. The average Bonchev–Trinajstić information content (AvgIpc) is 2.06. The summed E-state index contributed by atoms with van der Waals surface area (Å²) in [5, 5.41) is 1.20. The molecule has 54 valence electrons. The van der Waals surface area contributed by atoms with E-state index in [1.165, 1.54) is 9.85 Å². The van der Waals surface area contributed by atoms with Crippen molar-refractivity contribution in [3.05, 3.63) is 36.5 Å². The van der Waals surface area contributed by atoms with Crippen LogP contribution in [0.3, 0.4) is 0 Å². The van der Waals surface area contributed by atoms with Gasteiger partial charge in [-0.2, -0.15) is 0 Å². The number of fused-ring (bicyclic) bond motifs is 1. The van der Waals surface area contributed by atoms with E-state index in [4.69, 9.17) is 0 Å². The van der Waals surface area contributed by atoms with Crippen molar-refractivity contribution in [1.29, 1.82) is 0 Å². The minimum absolute atomic E-state index is 1.08. The molecule has 0 spiro atoms. The summed E-state index contributed by atoms with van der Waals surface area (Å²) in [4.78, 5) is 4.27. The van der Waals surface area contributed by atoms with Gasteiger partial charge in [0, 0.05) is 0 Å². The zero-order valence-electron chi connectivity index (χ0n) is 5.86. The van der Waals surface area contributed by atoms with Crippen molar-refractivity contribution < 1.29 is 0 Å². The number of para-hydroxylation sites is 1. The Kier molecular flexibility index (Phi) is 1.65. The van der Waals surface area contributed by atoms with Gasteiger partial charge in [0.05, 0.1) is 0 Å². The second-order valence-electron chi connectivity index (χ2n) is 2.35. The molecule has 0 aliphatic heterocycles. The van der Waals surface area contributed by atoms with E-state index in [0.717, 1.165) is 5.52 Å². The van der Waals surface area contributed by atoms with Crippen LogP contribution in [0.5, 0.6) is 0 Å². The Labute approximate surface area is 73.3 Å². The zero-order valence-corrected chi connectivity index (χ0v) is 7.74. The zero-order chi connectivity index (χ0) is 7.68. The fraction of sp³-hybridized carbons (Fsp3) is 0. The Balaban J connectivity index is 2.91. The van der Waals surface area contributed by atoms with E-state index in [1.54, 1.807) is 0 Å². The van der Waals surface area contributed by atoms with Crippen LogP contribution in [-0.2, 0) is 0 Å². The van der Waals surface area contributed by atoms with Crippen LogP contribution in [-0.4, -0.2) is 21.0 Å². The van der Waals surface area contributed by atoms with Gasteiger partial charge in [0.15, 0.2) is 0 Å². The summed E-state index contributed by atoms with van der Waals surface area (Å²) in [6.45, 7) is 0. The summed E-state index contributed by atoms with van der Waals surface area (Å²) in [6, 6.07) is 10.2. The molecule has 0 radical (unpaired) electrons. The van der Waals surface area contributed by atoms with Gasteiger partial charge in [0.2, 0.25) is 0 Å². The number of rotatable bonds is 0. The Bertz CT molecular complexity index is 379. The van der Waals surface area contributed by atoms with Crippen molar-refractivity contribution in [3.63, 3.8) is 0 Å². The van der Waals surface area contributed by atoms with Crippen molar-refractivity contribution in [1.82, 2.24) is 4.98 Å². The predicted octanol–water partition coefficient (Wildman–Crippen LogP) is 0.761. The first-order valence-electron chi connectivity index (χ1n) is 3.40. The van der Waals surface area contributed by atoms with E-state index in [-0.39, 0.29) is 0 Å². The van der Waals surface area contributed by atoms with E-state index in [2.05, 4.69) is 39.2 Å². The molecule has 11 heavy (non-hydrogen) atoms. The molecule has 0 atom stereocenters. The maximum atomic E-state index is 4.27. The van der Waals surface area contributed by atoms with Crippen molar-refractivity contribution >= 4 is 31.4 Å². The number of hydrogen-bond acceptors (Lipinski definition) is 1. The van der Waals surface area contributed by atoms with Gasteiger partial charge in [-0.05, 0) is 0 Å². The van der Waals surface area contributed by atoms with E-state index < -0.39 is 0 Å². The number of pyridine rings is 1. The number of benzene rings is 1. The van der Waals surface area contributed by atoms with E-state index in [0.29, 0.717) is 0 Å². The Hall–Kier alpha value is -0.851. The second kappa shape index (κ2) is 2.65. The van der Waals surface area contributed by atoms with Gasteiger partial charge in [-0.1, -0.05) is 0 Å². The van der Waals surface area contributed by atoms with Crippen molar-refractivity contribution in [3.8, 4) is 0 Å². The molecular formula is C9H7NSe. The summed E-state index contributed by atoms with van der Waals surface area (Å²) in [7, 11) is 0. The van der Waals surface area contributed by atoms with Crippen LogP contribution in [0.25, 0.3) is 10.9 Å². The molecule has 0 aliphatic carbocycles. The SMILES string of the molecule is [SeH]c1cccc2cccnc12. The molecule has 0 amide bonds. The number of nitrogens with zero attached hydrogens (tertiary/aromatic N) is 1. The maximum absolute atomic E-state index is 4.27. The van der Waals surface area contributed by atoms with E-state index >= 15 is 0 Å². The molecule has 0 bridgehead atoms. The summed E-state index contributed by atoms with van der Waals surface area (Å²) in [6.07, 6.45) is 1.82. The Morgan fingerprint density at radius 3 is 2.73 bits per heavy atom. The monoisotopic (exact) mass is 209 g/mol. The van der Waals surface area contributed by atoms with Crippen LogP contribution in [0.15, 0.2) is 36.5 Å². The van der Waals surface area contributed by atoms with Crippen molar-refractivity contribution in [2.45, 2.75) is 0 Å². The molecular weight excluding hydrogens is 201 g/mol. The number of aromatic nitrogens is 1. The molecule has 0 saturated heterocycles. The van der Waals surface area contributed by atoms with Crippen molar-refractivity contribution in [2.24, 2.45) is 0 Å². The Morgan fingerprint density at radius 1 is 1.09 bits per heavy atom. The molecule has 0 fully saturated rings. The predicted molar refractivity (Wildman–Crippen MR) is 48.5 cm³/mol. The standard InChI is InChI=1S/C9H7NSe/c11-8-5-1-3-7-4-2-6-10-9(7)8/h1-6,11H. The Morgan fingerprint density at radius 2 is 1.91 bits per heavy atom. The van der Waals surface area contributed by atoms with E-state index in [9.17, 15) is 0 Å². The first-order valence-corrected chi connectivity index (χ1v) is 4.34. The third-order valence-corrected chi connectivity index (χ3v) is 2.37. The van der Waals surface area contributed by atoms with Gasteiger partial charge in [0.25, 0.3) is 0 Å². The van der Waals surface area contributed by atoms with Gasteiger partial charge in [-0.15, -0.1) is 0 Å². The normalized spacial score (nSPS) is 10.3. The molecule has 1 nitrogen and oxygen atoms in total. The van der Waals surface area contributed by atoms with Crippen LogP contribution in [0, 0.1) is 0 Å². The average molecular weight is 208 g/mol. The summed E-state index contributed by atoms with van der Waals surface area (Å²) in [5.74, 6) is 0. The second-order valence-corrected chi connectivity index (χ2v) is 3.36. The topological polar surface area (TPSA) is 12.9 Å². The fourth-order valence-corrected chi connectivity index (χ4v) is 1.66. The molecule has 1 aromatic carbocycles. The first-order chi connectivity index (χ1) is 5.38. The van der Waals surface area contributed by atoms with Gasteiger partial charge in [0.1, 0.15) is 0 Å². The third kappa shape index (κ3) is 1.15. The molecule has 1 heterocycles. The molecule has 0 unspecified atom stereocenters. The molecule has 2 rings (SSSR count). The summed E-state index contributed by atoms with van der Waals surface area (Å²) < 4.78 is 1.18. The molecule has 2 aromatic rings. The number of hydrogen-bond donors (Lipinski definition) is 0. The van der Waals surface area contributed by atoms with Crippen molar-refractivity contribution in [2.75, 3.05) is 0 Å². The quantitative estimate of drug-likeness (QED) is 0.582. The fourth-order valence-electron chi connectivity index (χ4n) is 1.09. The van der Waals surface area contributed by atoms with Gasteiger partial charge >= 0.3 is 72.9 Å². The molecule has 0 N–H and O–H groups in total.